The van der Waals surface area contributed by atoms with Crippen LogP contribution in [-0.4, -0.2) is 18.2 Å². The molecule has 0 atom stereocenters. The van der Waals surface area contributed by atoms with Crippen LogP contribution in [-0.2, 0) is 0 Å². The fraction of sp³-hybridized carbons (Fsp3) is 0.143. The second kappa shape index (κ2) is 6.26. The van der Waals surface area contributed by atoms with Crippen molar-refractivity contribution in [3.63, 3.8) is 0 Å². The lowest BCUT2D eigenvalue weighted by Gasteiger charge is -2.07. The standard InChI is InChI=1S/C14H12N2O2/c15-11-12-4-6-13(7-5-12)17-9-10-18-14-3-1-2-8-16-14/h1-8H,9-10H2. The molecule has 0 spiro atoms. The highest BCUT2D eigenvalue weighted by Crippen LogP contribution is 2.11. The van der Waals surface area contributed by atoms with Gasteiger partial charge in [-0.05, 0) is 30.3 Å². The van der Waals surface area contributed by atoms with E-state index in [2.05, 4.69) is 11.1 Å². The quantitative estimate of drug-likeness (QED) is 0.753. The predicted octanol–water partition coefficient (Wildman–Crippen LogP) is 2.41. The summed E-state index contributed by atoms with van der Waals surface area (Å²) in [7, 11) is 0. The molecule has 0 unspecified atom stereocenters. The minimum atomic E-state index is 0.428. The predicted molar refractivity (Wildman–Crippen MR) is 66.4 cm³/mol. The summed E-state index contributed by atoms with van der Waals surface area (Å²) in [5.74, 6) is 1.31. The van der Waals surface area contributed by atoms with Gasteiger partial charge in [-0.2, -0.15) is 5.26 Å². The number of nitriles is 1. The second-order valence-electron chi connectivity index (χ2n) is 3.50. The summed E-state index contributed by atoms with van der Waals surface area (Å²) in [6.45, 7) is 0.861. The zero-order valence-electron chi connectivity index (χ0n) is 9.74. The van der Waals surface area contributed by atoms with Crippen molar-refractivity contribution in [2.45, 2.75) is 0 Å². The van der Waals surface area contributed by atoms with Gasteiger partial charge in [0.05, 0.1) is 11.6 Å². The number of hydrogen-bond acceptors (Lipinski definition) is 4. The Morgan fingerprint density at radius 1 is 1.00 bits per heavy atom. The maximum Gasteiger partial charge on any atom is 0.213 e. The van der Waals surface area contributed by atoms with Crippen LogP contribution in [0.15, 0.2) is 48.7 Å². The van der Waals surface area contributed by atoms with Gasteiger partial charge in [-0.1, -0.05) is 6.07 Å². The molecule has 0 amide bonds. The van der Waals surface area contributed by atoms with Crippen molar-refractivity contribution < 1.29 is 9.47 Å². The Bertz CT molecular complexity index is 518. The van der Waals surface area contributed by atoms with Crippen LogP contribution in [0.1, 0.15) is 5.56 Å². The number of ether oxygens (including phenoxy) is 2. The third-order valence-corrected chi connectivity index (χ3v) is 2.22. The lowest BCUT2D eigenvalue weighted by molar-refractivity contribution is 0.212. The topological polar surface area (TPSA) is 55.1 Å². The lowest BCUT2D eigenvalue weighted by Crippen LogP contribution is -2.09. The van der Waals surface area contributed by atoms with Crippen LogP contribution in [0.3, 0.4) is 0 Å². The molecule has 0 saturated heterocycles. The van der Waals surface area contributed by atoms with E-state index in [9.17, 15) is 0 Å². The highest BCUT2D eigenvalue weighted by molar-refractivity contribution is 5.34. The molecule has 4 heteroatoms. The summed E-state index contributed by atoms with van der Waals surface area (Å²) in [4.78, 5) is 4.03. The normalized spacial score (nSPS) is 9.50. The second-order valence-corrected chi connectivity index (χ2v) is 3.50. The summed E-state index contributed by atoms with van der Waals surface area (Å²) in [5.41, 5.74) is 0.618. The molecule has 0 fully saturated rings. The van der Waals surface area contributed by atoms with Crippen molar-refractivity contribution in [3.8, 4) is 17.7 Å². The van der Waals surface area contributed by atoms with Gasteiger partial charge in [0.1, 0.15) is 19.0 Å². The molecule has 0 N–H and O–H groups in total. The monoisotopic (exact) mass is 240 g/mol. The summed E-state index contributed by atoms with van der Waals surface area (Å²) in [5, 5.41) is 8.65. The van der Waals surface area contributed by atoms with Crippen LogP contribution in [0, 0.1) is 11.3 Å². The molecule has 0 aliphatic carbocycles. The van der Waals surface area contributed by atoms with Crippen molar-refractivity contribution in [1.82, 2.24) is 4.98 Å². The first kappa shape index (κ1) is 11.9. The Hall–Kier alpha value is -2.54. The maximum absolute atomic E-state index is 8.65. The summed E-state index contributed by atoms with van der Waals surface area (Å²) in [6.07, 6.45) is 1.68. The molecule has 1 aromatic carbocycles. The van der Waals surface area contributed by atoms with E-state index in [-0.39, 0.29) is 0 Å². The van der Waals surface area contributed by atoms with Crippen LogP contribution in [0.25, 0.3) is 0 Å². The molecular formula is C14H12N2O2. The molecule has 0 radical (unpaired) electrons. The molecule has 0 bridgehead atoms. The maximum atomic E-state index is 8.65. The van der Waals surface area contributed by atoms with E-state index in [1.54, 1.807) is 36.5 Å². The van der Waals surface area contributed by atoms with Crippen LogP contribution < -0.4 is 9.47 Å². The first-order valence-electron chi connectivity index (χ1n) is 5.55. The number of nitrogens with zero attached hydrogens (tertiary/aromatic N) is 2. The van der Waals surface area contributed by atoms with Crippen LogP contribution in [0.5, 0.6) is 11.6 Å². The van der Waals surface area contributed by atoms with Crippen LogP contribution in [0.2, 0.25) is 0 Å². The average Bonchev–Trinajstić information content (AvgIpc) is 2.45. The molecule has 2 rings (SSSR count). The van der Waals surface area contributed by atoms with Crippen LogP contribution in [0.4, 0.5) is 0 Å². The van der Waals surface area contributed by atoms with Crippen molar-refractivity contribution in [1.29, 1.82) is 5.26 Å². The Kier molecular flexibility index (Phi) is 4.15. The third-order valence-electron chi connectivity index (χ3n) is 2.22. The van der Waals surface area contributed by atoms with Gasteiger partial charge in [-0.25, -0.2) is 4.98 Å². The first-order valence-corrected chi connectivity index (χ1v) is 5.55. The Balaban J connectivity index is 1.74. The van der Waals surface area contributed by atoms with Crippen molar-refractivity contribution in [2.24, 2.45) is 0 Å². The average molecular weight is 240 g/mol. The van der Waals surface area contributed by atoms with E-state index in [0.29, 0.717) is 24.7 Å². The highest BCUT2D eigenvalue weighted by Gasteiger charge is 1.96. The van der Waals surface area contributed by atoms with E-state index >= 15 is 0 Å². The largest absolute Gasteiger partial charge is 0.490 e. The number of rotatable bonds is 5. The minimum absolute atomic E-state index is 0.428. The van der Waals surface area contributed by atoms with E-state index in [4.69, 9.17) is 14.7 Å². The zero-order valence-corrected chi connectivity index (χ0v) is 9.74. The van der Waals surface area contributed by atoms with E-state index in [1.807, 2.05) is 12.1 Å². The van der Waals surface area contributed by atoms with Gasteiger partial charge in [0.25, 0.3) is 0 Å². The van der Waals surface area contributed by atoms with Crippen LogP contribution >= 0.6 is 0 Å². The van der Waals surface area contributed by atoms with E-state index in [0.717, 1.165) is 5.75 Å². The van der Waals surface area contributed by atoms with Crippen molar-refractivity contribution in [3.05, 3.63) is 54.2 Å². The molecule has 2 aromatic rings. The number of hydrogen-bond donors (Lipinski definition) is 0. The molecule has 4 nitrogen and oxygen atoms in total. The first-order chi connectivity index (χ1) is 8.88. The summed E-state index contributed by atoms with van der Waals surface area (Å²) in [6, 6.07) is 14.5. The number of pyridine rings is 1. The molecule has 1 heterocycles. The SMILES string of the molecule is N#Cc1ccc(OCCOc2ccccn2)cc1. The molecule has 0 saturated carbocycles. The fourth-order valence-corrected chi connectivity index (χ4v) is 1.36. The van der Waals surface area contributed by atoms with Crippen molar-refractivity contribution in [2.75, 3.05) is 13.2 Å². The van der Waals surface area contributed by atoms with Gasteiger partial charge in [-0.3, -0.25) is 0 Å². The fourth-order valence-electron chi connectivity index (χ4n) is 1.36. The Morgan fingerprint density at radius 3 is 2.44 bits per heavy atom. The molecular weight excluding hydrogens is 228 g/mol. The highest BCUT2D eigenvalue weighted by atomic mass is 16.5. The van der Waals surface area contributed by atoms with Gasteiger partial charge in [0.15, 0.2) is 0 Å². The van der Waals surface area contributed by atoms with Crippen molar-refractivity contribution >= 4 is 0 Å². The molecule has 90 valence electrons. The van der Waals surface area contributed by atoms with Gasteiger partial charge in [-0.15, -0.1) is 0 Å². The third kappa shape index (κ3) is 3.49. The summed E-state index contributed by atoms with van der Waals surface area (Å²) < 4.78 is 10.8. The minimum Gasteiger partial charge on any atom is -0.490 e. The molecule has 1 aromatic heterocycles. The Morgan fingerprint density at radius 2 is 1.78 bits per heavy atom. The van der Waals surface area contributed by atoms with Gasteiger partial charge >= 0.3 is 0 Å². The van der Waals surface area contributed by atoms with Gasteiger partial charge < -0.3 is 9.47 Å². The smallest absolute Gasteiger partial charge is 0.213 e. The van der Waals surface area contributed by atoms with Gasteiger partial charge in [0, 0.05) is 12.3 Å². The number of aromatic nitrogens is 1. The molecule has 18 heavy (non-hydrogen) atoms. The summed E-state index contributed by atoms with van der Waals surface area (Å²) >= 11 is 0. The molecule has 0 aliphatic rings. The van der Waals surface area contributed by atoms with E-state index in [1.165, 1.54) is 0 Å². The zero-order chi connectivity index (χ0) is 12.6. The lowest BCUT2D eigenvalue weighted by atomic mass is 10.2. The Labute approximate surface area is 105 Å². The van der Waals surface area contributed by atoms with Gasteiger partial charge in [0.2, 0.25) is 5.88 Å². The number of benzene rings is 1. The van der Waals surface area contributed by atoms with E-state index < -0.39 is 0 Å². The molecule has 0 aliphatic heterocycles.